The summed E-state index contributed by atoms with van der Waals surface area (Å²) < 4.78 is 34.2. The van der Waals surface area contributed by atoms with E-state index in [4.69, 9.17) is 15.2 Å². The first kappa shape index (κ1) is 17.6. The highest BCUT2D eigenvalue weighted by Crippen LogP contribution is 2.17. The predicted molar refractivity (Wildman–Crippen MR) is 84.7 cm³/mol. The number of amides is 1. The van der Waals surface area contributed by atoms with Crippen LogP contribution in [0.1, 0.15) is 10.4 Å². The number of nitrogens with two attached hydrogens (primary N) is 1. The number of nitrogens with zero attached hydrogens (tertiary/aromatic N) is 1. The molecule has 0 aliphatic carbocycles. The van der Waals surface area contributed by atoms with Crippen LogP contribution in [0.25, 0.3) is 0 Å². The van der Waals surface area contributed by atoms with Gasteiger partial charge < -0.3 is 20.5 Å². The predicted octanol–water partition coefficient (Wildman–Crippen LogP) is 2.32. The third kappa shape index (κ3) is 5.47. The molecule has 128 valence electrons. The summed E-state index contributed by atoms with van der Waals surface area (Å²) >= 11 is 0. The number of hydrogen-bond donors (Lipinski definition) is 2. The van der Waals surface area contributed by atoms with E-state index in [9.17, 15) is 13.6 Å². The largest absolute Gasteiger partial charge is 0.492 e. The number of rotatable bonds is 8. The lowest BCUT2D eigenvalue weighted by atomic mass is 10.2. The van der Waals surface area contributed by atoms with Crippen LogP contribution in [0, 0.1) is 0 Å². The number of aromatic nitrogens is 1. The van der Waals surface area contributed by atoms with Crippen LogP contribution in [0.2, 0.25) is 0 Å². The lowest BCUT2D eigenvalue weighted by molar-refractivity contribution is 0.0795. The number of halogens is 2. The van der Waals surface area contributed by atoms with Crippen molar-refractivity contribution in [3.05, 3.63) is 48.2 Å². The molecule has 24 heavy (non-hydrogen) atoms. The number of carbonyl (C=O) groups excluding carboxylic acids is 1. The smallest absolute Gasteiger partial charge is 0.272 e. The molecule has 0 aliphatic heterocycles. The second-order valence-corrected chi connectivity index (χ2v) is 4.70. The van der Waals surface area contributed by atoms with E-state index >= 15 is 0 Å². The molecule has 0 saturated carbocycles. The third-order valence-corrected chi connectivity index (χ3v) is 2.85. The lowest BCUT2D eigenvalue weighted by Gasteiger charge is -2.08. The first-order chi connectivity index (χ1) is 11.6. The third-order valence-electron chi connectivity index (χ3n) is 2.85. The summed E-state index contributed by atoms with van der Waals surface area (Å²) in [5.74, 6) is 0.312. The van der Waals surface area contributed by atoms with Crippen LogP contribution < -0.4 is 20.5 Å². The summed E-state index contributed by atoms with van der Waals surface area (Å²) in [6, 6.07) is 9.62. The van der Waals surface area contributed by atoms with Crippen LogP contribution >= 0.6 is 0 Å². The molecule has 2 rings (SSSR count). The zero-order valence-electron chi connectivity index (χ0n) is 12.7. The minimum absolute atomic E-state index is 0.0354. The van der Waals surface area contributed by atoms with Gasteiger partial charge in [0, 0.05) is 24.5 Å². The van der Waals surface area contributed by atoms with E-state index in [1.54, 1.807) is 24.3 Å². The highest BCUT2D eigenvalue weighted by Gasteiger charge is 2.09. The molecule has 8 heteroatoms. The number of hydrogen-bond acceptors (Lipinski definition) is 5. The fourth-order valence-corrected chi connectivity index (χ4v) is 1.76. The van der Waals surface area contributed by atoms with Crippen LogP contribution in [0.15, 0.2) is 42.6 Å². The Bertz CT molecular complexity index is 649. The molecular weight excluding hydrogens is 320 g/mol. The van der Waals surface area contributed by atoms with E-state index < -0.39 is 13.0 Å². The molecule has 2 aromatic rings. The number of pyridine rings is 1. The molecule has 0 fully saturated rings. The van der Waals surface area contributed by atoms with Crippen molar-refractivity contribution < 1.29 is 23.0 Å². The van der Waals surface area contributed by atoms with Gasteiger partial charge in [0.2, 0.25) is 5.88 Å². The Hall–Kier alpha value is -2.74. The van der Waals surface area contributed by atoms with Crippen molar-refractivity contribution in [3.8, 4) is 11.6 Å². The fraction of sp³-hybridized carbons (Fsp3) is 0.250. The van der Waals surface area contributed by atoms with Crippen molar-refractivity contribution in [3.63, 3.8) is 0 Å². The Morgan fingerprint density at radius 1 is 1.17 bits per heavy atom. The Kier molecular flexibility index (Phi) is 6.44. The maximum absolute atomic E-state index is 12.1. The van der Waals surface area contributed by atoms with Crippen LogP contribution in [-0.2, 0) is 0 Å². The molecule has 1 amide bonds. The first-order valence-electron chi connectivity index (χ1n) is 7.20. The number of nitrogens with one attached hydrogen (secondary N) is 1. The van der Waals surface area contributed by atoms with E-state index in [-0.39, 0.29) is 17.4 Å². The van der Waals surface area contributed by atoms with Gasteiger partial charge in [0.1, 0.15) is 12.4 Å². The molecular formula is C16H17F2N3O3. The average molecular weight is 337 g/mol. The summed E-state index contributed by atoms with van der Waals surface area (Å²) in [6.45, 7) is 0.0942. The number of carbonyl (C=O) groups is 1. The molecule has 3 N–H and O–H groups in total. The van der Waals surface area contributed by atoms with Gasteiger partial charge in [-0.3, -0.25) is 4.79 Å². The zero-order chi connectivity index (χ0) is 17.4. The van der Waals surface area contributed by atoms with Gasteiger partial charge in [0.05, 0.1) is 5.56 Å². The molecule has 0 aliphatic rings. The Labute approximate surface area is 137 Å². The topological polar surface area (TPSA) is 86.5 Å². The van der Waals surface area contributed by atoms with E-state index in [1.807, 2.05) is 0 Å². The minimum Gasteiger partial charge on any atom is -0.492 e. The fourth-order valence-electron chi connectivity index (χ4n) is 1.76. The normalized spacial score (nSPS) is 10.5. The highest BCUT2D eigenvalue weighted by molar-refractivity contribution is 6.04. The zero-order valence-corrected chi connectivity index (χ0v) is 12.7. The molecule has 0 spiro atoms. The monoisotopic (exact) mass is 337 g/mol. The lowest BCUT2D eigenvalue weighted by Crippen LogP contribution is -2.13. The van der Waals surface area contributed by atoms with Gasteiger partial charge in [0.25, 0.3) is 12.3 Å². The van der Waals surface area contributed by atoms with Gasteiger partial charge in [-0.1, -0.05) is 0 Å². The molecule has 1 aromatic carbocycles. The van der Waals surface area contributed by atoms with Gasteiger partial charge in [-0.05, 0) is 30.3 Å². The van der Waals surface area contributed by atoms with Crippen LogP contribution in [-0.4, -0.2) is 37.1 Å². The van der Waals surface area contributed by atoms with Gasteiger partial charge >= 0.3 is 0 Å². The van der Waals surface area contributed by atoms with Crippen LogP contribution in [0.5, 0.6) is 11.6 Å². The van der Waals surface area contributed by atoms with Gasteiger partial charge in [-0.25, -0.2) is 13.8 Å². The molecule has 0 radical (unpaired) electrons. The second kappa shape index (κ2) is 8.78. The summed E-state index contributed by atoms with van der Waals surface area (Å²) in [5, 5.41) is 2.69. The first-order valence-corrected chi connectivity index (χ1v) is 7.20. The van der Waals surface area contributed by atoms with Gasteiger partial charge in [-0.15, -0.1) is 0 Å². The maximum Gasteiger partial charge on any atom is 0.272 e. The SMILES string of the molecule is NCCOc1ccc(NC(=O)c2ccc(OCC(F)F)nc2)cc1. The van der Waals surface area contributed by atoms with E-state index in [0.29, 0.717) is 24.6 Å². The number of anilines is 1. The Balaban J connectivity index is 1.91. The van der Waals surface area contributed by atoms with Crippen molar-refractivity contribution >= 4 is 11.6 Å². The average Bonchev–Trinajstić information content (AvgIpc) is 2.59. The summed E-state index contributed by atoms with van der Waals surface area (Å²) in [4.78, 5) is 15.9. The van der Waals surface area contributed by atoms with Crippen LogP contribution in [0.3, 0.4) is 0 Å². The Morgan fingerprint density at radius 3 is 2.50 bits per heavy atom. The summed E-state index contributed by atoms with van der Waals surface area (Å²) in [7, 11) is 0. The van der Waals surface area contributed by atoms with Crippen molar-refractivity contribution in [2.24, 2.45) is 5.73 Å². The molecule has 6 nitrogen and oxygen atoms in total. The molecule has 0 bridgehead atoms. The standard InChI is InChI=1S/C16H17F2N3O3/c17-14(18)10-24-15-6-1-11(9-20-15)16(22)21-12-2-4-13(5-3-12)23-8-7-19/h1-6,9,14H,7-8,10,19H2,(H,21,22). The Morgan fingerprint density at radius 2 is 1.92 bits per heavy atom. The van der Waals surface area contributed by atoms with E-state index in [2.05, 4.69) is 10.3 Å². The van der Waals surface area contributed by atoms with Gasteiger partial charge in [-0.2, -0.15) is 0 Å². The van der Waals surface area contributed by atoms with Crippen LogP contribution in [0.4, 0.5) is 14.5 Å². The number of ether oxygens (including phenoxy) is 2. The van der Waals surface area contributed by atoms with Gasteiger partial charge in [0.15, 0.2) is 6.61 Å². The quantitative estimate of drug-likeness (QED) is 0.772. The second-order valence-electron chi connectivity index (χ2n) is 4.70. The van der Waals surface area contributed by atoms with E-state index in [0.717, 1.165) is 0 Å². The molecule has 1 aromatic heterocycles. The molecule has 0 atom stereocenters. The highest BCUT2D eigenvalue weighted by atomic mass is 19.3. The number of alkyl halides is 2. The number of benzene rings is 1. The maximum atomic E-state index is 12.1. The van der Waals surface area contributed by atoms with Crippen molar-refractivity contribution in [2.75, 3.05) is 25.1 Å². The molecule has 0 saturated heterocycles. The minimum atomic E-state index is -2.58. The van der Waals surface area contributed by atoms with Crippen molar-refractivity contribution in [1.29, 1.82) is 0 Å². The molecule has 0 unspecified atom stereocenters. The van der Waals surface area contributed by atoms with Crippen molar-refractivity contribution in [1.82, 2.24) is 4.98 Å². The molecule has 1 heterocycles. The van der Waals surface area contributed by atoms with E-state index in [1.165, 1.54) is 18.3 Å². The van der Waals surface area contributed by atoms with Crippen molar-refractivity contribution in [2.45, 2.75) is 6.43 Å². The summed E-state index contributed by atoms with van der Waals surface area (Å²) in [5.41, 5.74) is 6.21. The summed E-state index contributed by atoms with van der Waals surface area (Å²) in [6.07, 6.45) is -1.32.